The molecular formula is C22H22N2O5. The van der Waals surface area contributed by atoms with E-state index in [2.05, 4.69) is 5.32 Å². The number of imide groups is 1. The first-order chi connectivity index (χ1) is 14.0. The smallest absolute Gasteiger partial charge is 0.326 e. The Morgan fingerprint density at radius 2 is 1.55 bits per heavy atom. The first-order valence-electron chi connectivity index (χ1n) is 9.40. The average Bonchev–Trinajstić information content (AvgIpc) is 2.97. The van der Waals surface area contributed by atoms with Gasteiger partial charge >= 0.3 is 5.97 Å². The van der Waals surface area contributed by atoms with Crippen LogP contribution in [-0.2, 0) is 20.7 Å². The molecule has 0 fully saturated rings. The van der Waals surface area contributed by atoms with Gasteiger partial charge in [-0.15, -0.1) is 0 Å². The molecule has 2 aromatic carbocycles. The summed E-state index contributed by atoms with van der Waals surface area (Å²) in [6.45, 7) is 0.891. The van der Waals surface area contributed by atoms with Crippen molar-refractivity contribution in [3.05, 3.63) is 71.3 Å². The summed E-state index contributed by atoms with van der Waals surface area (Å²) in [5, 5.41) is 2.77. The number of rotatable bonds is 8. The van der Waals surface area contributed by atoms with Crippen LogP contribution in [0.3, 0.4) is 0 Å². The number of nitrogens with one attached hydrogen (secondary N) is 1. The largest absolute Gasteiger partial charge is 0.454 e. The monoisotopic (exact) mass is 394 g/mol. The topological polar surface area (TPSA) is 92.8 Å². The van der Waals surface area contributed by atoms with E-state index >= 15 is 0 Å². The lowest BCUT2D eigenvalue weighted by atomic mass is 10.1. The van der Waals surface area contributed by atoms with Gasteiger partial charge in [0.1, 0.15) is 6.54 Å². The van der Waals surface area contributed by atoms with Gasteiger partial charge in [-0.25, -0.2) is 0 Å². The van der Waals surface area contributed by atoms with Gasteiger partial charge in [0.2, 0.25) is 0 Å². The van der Waals surface area contributed by atoms with E-state index in [1.165, 1.54) is 17.7 Å². The van der Waals surface area contributed by atoms with Gasteiger partial charge in [0.15, 0.2) is 6.61 Å². The molecule has 1 aliphatic heterocycles. The zero-order valence-electron chi connectivity index (χ0n) is 16.1. The first kappa shape index (κ1) is 20.3. The lowest BCUT2D eigenvalue weighted by Crippen LogP contribution is -2.39. The van der Waals surface area contributed by atoms with Crippen LogP contribution in [0.5, 0.6) is 0 Å². The van der Waals surface area contributed by atoms with Crippen molar-refractivity contribution in [1.82, 2.24) is 10.2 Å². The van der Waals surface area contributed by atoms with E-state index in [0.717, 1.165) is 17.7 Å². The number of aryl methyl sites for hydroxylation is 1. The standard InChI is InChI=1S/C22H22N2O5/c1-15(11-12-16-7-3-2-4-8-16)23-19(25)14-29-20(26)13-24-21(27)17-9-5-6-10-18(17)22(24)28/h2-10,15H,11-14H2,1H3,(H,23,25)/t15-/m0/s1. The van der Waals surface area contributed by atoms with Crippen molar-refractivity contribution in [1.29, 1.82) is 0 Å². The molecule has 7 nitrogen and oxygen atoms in total. The van der Waals surface area contributed by atoms with Gasteiger partial charge in [-0.2, -0.15) is 0 Å². The van der Waals surface area contributed by atoms with Crippen molar-refractivity contribution in [2.24, 2.45) is 0 Å². The maximum atomic E-state index is 12.2. The van der Waals surface area contributed by atoms with E-state index in [0.29, 0.717) is 0 Å². The Balaban J connectivity index is 1.41. The molecule has 3 amide bonds. The number of fused-ring (bicyclic) bond motifs is 1. The normalized spacial score (nSPS) is 13.8. The minimum atomic E-state index is -0.813. The number of nitrogens with zero attached hydrogens (tertiary/aromatic N) is 1. The Bertz CT molecular complexity index is 891. The van der Waals surface area contributed by atoms with Crippen molar-refractivity contribution in [2.45, 2.75) is 25.8 Å². The van der Waals surface area contributed by atoms with E-state index in [4.69, 9.17) is 4.74 Å². The third-order valence-corrected chi connectivity index (χ3v) is 4.65. The van der Waals surface area contributed by atoms with Crippen LogP contribution in [0, 0.1) is 0 Å². The van der Waals surface area contributed by atoms with Gasteiger partial charge < -0.3 is 10.1 Å². The molecular weight excluding hydrogens is 372 g/mol. The van der Waals surface area contributed by atoms with Gasteiger partial charge in [-0.3, -0.25) is 24.1 Å². The SMILES string of the molecule is C[C@@H](CCc1ccccc1)NC(=O)COC(=O)CN1C(=O)c2ccccc2C1=O. The summed E-state index contributed by atoms with van der Waals surface area (Å²) in [4.78, 5) is 49.3. The minimum absolute atomic E-state index is 0.0855. The van der Waals surface area contributed by atoms with Crippen molar-refractivity contribution in [3.8, 4) is 0 Å². The van der Waals surface area contributed by atoms with E-state index in [-0.39, 0.29) is 17.2 Å². The van der Waals surface area contributed by atoms with Crippen LogP contribution >= 0.6 is 0 Å². The number of esters is 1. The Labute approximate surface area is 168 Å². The maximum Gasteiger partial charge on any atom is 0.326 e. The van der Waals surface area contributed by atoms with Gasteiger partial charge in [-0.1, -0.05) is 42.5 Å². The van der Waals surface area contributed by atoms with E-state index in [1.807, 2.05) is 37.3 Å². The van der Waals surface area contributed by atoms with Crippen molar-refractivity contribution >= 4 is 23.7 Å². The highest BCUT2D eigenvalue weighted by Crippen LogP contribution is 2.22. The molecule has 0 bridgehead atoms. The van der Waals surface area contributed by atoms with Crippen LogP contribution in [0.2, 0.25) is 0 Å². The molecule has 0 aliphatic carbocycles. The summed E-state index contributed by atoms with van der Waals surface area (Å²) < 4.78 is 4.93. The predicted molar refractivity (Wildman–Crippen MR) is 105 cm³/mol. The van der Waals surface area contributed by atoms with Crippen molar-refractivity contribution < 1.29 is 23.9 Å². The predicted octanol–water partition coefficient (Wildman–Crippen LogP) is 1.96. The van der Waals surface area contributed by atoms with Crippen LogP contribution in [0.4, 0.5) is 0 Å². The molecule has 0 unspecified atom stereocenters. The van der Waals surface area contributed by atoms with Gasteiger partial charge in [0.25, 0.3) is 17.7 Å². The second-order valence-electron chi connectivity index (χ2n) is 6.90. The molecule has 0 radical (unpaired) electrons. The molecule has 150 valence electrons. The molecule has 3 rings (SSSR count). The minimum Gasteiger partial charge on any atom is -0.454 e. The molecule has 7 heteroatoms. The average molecular weight is 394 g/mol. The zero-order valence-corrected chi connectivity index (χ0v) is 16.1. The van der Waals surface area contributed by atoms with E-state index < -0.39 is 36.8 Å². The zero-order chi connectivity index (χ0) is 20.8. The summed E-state index contributed by atoms with van der Waals surface area (Å²) in [5.74, 6) is -2.32. The number of hydrogen-bond acceptors (Lipinski definition) is 5. The number of amides is 3. The molecule has 0 aromatic heterocycles. The summed E-state index contributed by atoms with van der Waals surface area (Å²) in [6, 6.07) is 16.2. The summed E-state index contributed by atoms with van der Waals surface area (Å²) >= 11 is 0. The lowest BCUT2D eigenvalue weighted by molar-refractivity contribution is -0.148. The molecule has 1 N–H and O–H groups in total. The summed E-state index contributed by atoms with van der Waals surface area (Å²) in [6.07, 6.45) is 1.57. The second-order valence-corrected chi connectivity index (χ2v) is 6.90. The third-order valence-electron chi connectivity index (χ3n) is 4.65. The lowest BCUT2D eigenvalue weighted by Gasteiger charge is -2.15. The van der Waals surface area contributed by atoms with E-state index in [9.17, 15) is 19.2 Å². The second kappa shape index (κ2) is 9.14. The number of hydrogen-bond donors (Lipinski definition) is 1. The van der Waals surface area contributed by atoms with Gasteiger partial charge in [-0.05, 0) is 37.5 Å². The summed E-state index contributed by atoms with van der Waals surface area (Å²) in [5.41, 5.74) is 1.70. The van der Waals surface area contributed by atoms with Crippen LogP contribution in [0.15, 0.2) is 54.6 Å². The molecule has 1 atom stereocenters. The fourth-order valence-corrected chi connectivity index (χ4v) is 3.12. The van der Waals surface area contributed by atoms with Crippen LogP contribution in [-0.4, -0.2) is 47.8 Å². The third kappa shape index (κ3) is 5.07. The quantitative estimate of drug-likeness (QED) is 0.546. The fraction of sp³-hybridized carbons (Fsp3) is 0.273. The maximum absolute atomic E-state index is 12.2. The Morgan fingerprint density at radius 1 is 0.966 bits per heavy atom. The molecule has 0 saturated carbocycles. The fourth-order valence-electron chi connectivity index (χ4n) is 3.12. The Kier molecular flexibility index (Phi) is 6.39. The highest BCUT2D eigenvalue weighted by Gasteiger charge is 2.36. The first-order valence-corrected chi connectivity index (χ1v) is 9.40. The number of ether oxygens (including phenoxy) is 1. The van der Waals surface area contributed by atoms with Gasteiger partial charge in [0.05, 0.1) is 11.1 Å². The number of benzene rings is 2. The van der Waals surface area contributed by atoms with Crippen molar-refractivity contribution in [3.63, 3.8) is 0 Å². The van der Waals surface area contributed by atoms with Crippen LogP contribution < -0.4 is 5.32 Å². The molecule has 1 aliphatic rings. The molecule has 2 aromatic rings. The molecule has 0 spiro atoms. The molecule has 29 heavy (non-hydrogen) atoms. The van der Waals surface area contributed by atoms with E-state index in [1.54, 1.807) is 12.1 Å². The van der Waals surface area contributed by atoms with Crippen molar-refractivity contribution in [2.75, 3.05) is 13.2 Å². The van der Waals surface area contributed by atoms with Crippen LogP contribution in [0.1, 0.15) is 39.6 Å². The van der Waals surface area contributed by atoms with Gasteiger partial charge in [0, 0.05) is 6.04 Å². The molecule has 0 saturated heterocycles. The highest BCUT2D eigenvalue weighted by atomic mass is 16.5. The number of carbonyl (C=O) groups is 4. The molecule has 1 heterocycles. The Hall–Kier alpha value is -3.48. The van der Waals surface area contributed by atoms with Crippen LogP contribution in [0.25, 0.3) is 0 Å². The Morgan fingerprint density at radius 3 is 2.17 bits per heavy atom. The summed E-state index contributed by atoms with van der Waals surface area (Å²) in [7, 11) is 0. The highest BCUT2D eigenvalue weighted by molar-refractivity contribution is 6.22. The number of carbonyl (C=O) groups excluding carboxylic acids is 4.